The number of carboxylic acids is 1. The van der Waals surface area contributed by atoms with Crippen LogP contribution in [-0.2, 0) is 6.61 Å². The van der Waals surface area contributed by atoms with Gasteiger partial charge in [0, 0.05) is 11.1 Å². The smallest absolute Gasteiger partial charge is 0.127 e. The number of ether oxygens (including phenoxy) is 1. The topological polar surface area (TPSA) is 62.2 Å². The zero-order chi connectivity index (χ0) is 22.0. The minimum absolute atomic E-state index is 0.0821. The number of aromatic carboxylic acids is 1. The van der Waals surface area contributed by atoms with E-state index in [-0.39, 0.29) is 17.3 Å². The Kier molecular flexibility index (Phi) is 6.00. The lowest BCUT2D eigenvalue weighted by Crippen LogP contribution is -2.23. The zero-order valence-electron chi connectivity index (χ0n) is 16.3. The minimum atomic E-state index is -1.35. The highest BCUT2D eigenvalue weighted by Crippen LogP contribution is 2.42. The summed E-state index contributed by atoms with van der Waals surface area (Å²) >= 11 is 6.08. The Labute approximate surface area is 182 Å². The molecule has 158 valence electrons. The highest BCUT2D eigenvalue weighted by molar-refractivity contribution is 6.31. The first-order chi connectivity index (χ1) is 14.9. The number of allylic oxidation sites excluding steroid dienone is 2. The summed E-state index contributed by atoms with van der Waals surface area (Å²) in [6.07, 6.45) is 2.17. The number of hydrogen-bond donors (Lipinski definition) is 0. The molecule has 0 saturated heterocycles. The van der Waals surface area contributed by atoms with Crippen molar-refractivity contribution in [2.45, 2.75) is 25.9 Å². The van der Waals surface area contributed by atoms with Crippen molar-refractivity contribution in [3.8, 4) is 5.75 Å². The quantitative estimate of drug-likeness (QED) is 0.538. The molecule has 4 rings (SSSR count). The standard InChI is InChI=1S/C24H18ClF2NO3/c25-20-12-16(27)8-7-14(20)13-31-23-10-9-15(26)11-19(23)17-3-1-4-18(17)21-5-2-6-22(28-21)24(29)30/h2,5-12H,1,3-4,13H2,(H,29,30)/p-1. The summed E-state index contributed by atoms with van der Waals surface area (Å²) < 4.78 is 33.3. The Hall–Kier alpha value is -3.25. The van der Waals surface area contributed by atoms with Crippen LogP contribution in [0.3, 0.4) is 0 Å². The molecule has 0 atom stereocenters. The minimum Gasteiger partial charge on any atom is -0.543 e. The Morgan fingerprint density at radius 2 is 1.77 bits per heavy atom. The molecule has 1 aliphatic rings. The van der Waals surface area contributed by atoms with Gasteiger partial charge in [-0.2, -0.15) is 0 Å². The molecule has 0 bridgehead atoms. The molecule has 0 spiro atoms. The van der Waals surface area contributed by atoms with Crippen molar-refractivity contribution in [1.29, 1.82) is 0 Å². The maximum Gasteiger partial charge on any atom is 0.127 e. The maximum atomic E-state index is 14.1. The molecule has 0 amide bonds. The van der Waals surface area contributed by atoms with E-state index >= 15 is 0 Å². The van der Waals surface area contributed by atoms with Crippen LogP contribution >= 0.6 is 11.6 Å². The summed E-state index contributed by atoms with van der Waals surface area (Å²) in [7, 11) is 0. The van der Waals surface area contributed by atoms with E-state index in [1.807, 2.05) is 0 Å². The fourth-order valence-corrected chi connectivity index (χ4v) is 3.92. The number of hydrogen-bond acceptors (Lipinski definition) is 4. The van der Waals surface area contributed by atoms with Crippen LogP contribution in [0.5, 0.6) is 5.75 Å². The summed E-state index contributed by atoms with van der Waals surface area (Å²) in [5, 5.41) is 11.4. The molecular weight excluding hydrogens is 424 g/mol. The van der Waals surface area contributed by atoms with Gasteiger partial charge in [0.05, 0.1) is 22.4 Å². The number of carboxylic acid groups (broad SMARTS) is 1. The first-order valence-electron chi connectivity index (χ1n) is 9.70. The molecule has 1 aromatic heterocycles. The molecule has 1 aliphatic carbocycles. The number of halogens is 3. The summed E-state index contributed by atoms with van der Waals surface area (Å²) in [6, 6.07) is 13.0. The van der Waals surface area contributed by atoms with Crippen LogP contribution in [-0.4, -0.2) is 11.0 Å². The third kappa shape index (κ3) is 4.59. The van der Waals surface area contributed by atoms with Crippen molar-refractivity contribution < 1.29 is 23.4 Å². The normalized spacial score (nSPS) is 13.5. The van der Waals surface area contributed by atoms with E-state index < -0.39 is 17.6 Å². The third-order valence-corrected chi connectivity index (χ3v) is 5.50. The average molecular weight is 441 g/mol. The number of carbonyl (C=O) groups excluding carboxylic acids is 1. The molecule has 0 unspecified atom stereocenters. The number of benzene rings is 2. The summed E-state index contributed by atoms with van der Waals surface area (Å²) in [5.41, 5.74) is 3.23. The van der Waals surface area contributed by atoms with E-state index in [1.54, 1.807) is 12.1 Å². The number of aromatic nitrogens is 1. The Balaban J connectivity index is 1.71. The lowest BCUT2D eigenvalue weighted by Gasteiger charge is -2.15. The number of rotatable bonds is 6. The first kappa shape index (κ1) is 21.0. The van der Waals surface area contributed by atoms with Gasteiger partial charge in [-0.3, -0.25) is 0 Å². The van der Waals surface area contributed by atoms with Crippen molar-refractivity contribution in [3.63, 3.8) is 0 Å². The van der Waals surface area contributed by atoms with Crippen LogP contribution in [0.4, 0.5) is 8.78 Å². The van der Waals surface area contributed by atoms with E-state index in [0.29, 0.717) is 35.4 Å². The van der Waals surface area contributed by atoms with Crippen LogP contribution in [0.1, 0.15) is 46.6 Å². The van der Waals surface area contributed by atoms with Crippen molar-refractivity contribution in [2.75, 3.05) is 0 Å². The molecule has 0 fully saturated rings. The monoisotopic (exact) mass is 440 g/mol. The predicted octanol–water partition coefficient (Wildman–Crippen LogP) is 5.05. The average Bonchev–Trinajstić information content (AvgIpc) is 3.23. The zero-order valence-corrected chi connectivity index (χ0v) is 17.1. The van der Waals surface area contributed by atoms with Gasteiger partial charge >= 0.3 is 0 Å². The molecule has 3 aromatic rings. The Morgan fingerprint density at radius 1 is 1.03 bits per heavy atom. The van der Waals surface area contributed by atoms with Crippen LogP contribution in [0, 0.1) is 11.6 Å². The number of carbonyl (C=O) groups is 1. The molecular formula is C24H17ClF2NO3-. The van der Waals surface area contributed by atoms with E-state index in [2.05, 4.69) is 4.98 Å². The molecule has 0 N–H and O–H groups in total. The molecule has 2 aromatic carbocycles. The lowest BCUT2D eigenvalue weighted by molar-refractivity contribution is -0.255. The SMILES string of the molecule is O=C([O-])c1cccc(C2=C(c3cc(F)ccc3OCc3ccc(F)cc3Cl)CCC2)n1. The highest BCUT2D eigenvalue weighted by Gasteiger charge is 2.22. The fourth-order valence-electron chi connectivity index (χ4n) is 3.70. The van der Waals surface area contributed by atoms with Gasteiger partial charge in [-0.05, 0) is 72.9 Å². The van der Waals surface area contributed by atoms with Crippen LogP contribution < -0.4 is 9.84 Å². The van der Waals surface area contributed by atoms with Crippen molar-refractivity contribution in [3.05, 3.63) is 93.8 Å². The number of nitrogens with zero attached hydrogens (tertiary/aromatic N) is 1. The van der Waals surface area contributed by atoms with Gasteiger partial charge in [0.25, 0.3) is 0 Å². The highest BCUT2D eigenvalue weighted by atomic mass is 35.5. The van der Waals surface area contributed by atoms with Crippen molar-refractivity contribution in [2.24, 2.45) is 0 Å². The summed E-state index contributed by atoms with van der Waals surface area (Å²) in [6.45, 7) is 0.0821. The molecule has 7 heteroatoms. The van der Waals surface area contributed by atoms with Gasteiger partial charge < -0.3 is 14.6 Å². The van der Waals surface area contributed by atoms with Gasteiger partial charge in [0.1, 0.15) is 24.0 Å². The van der Waals surface area contributed by atoms with Crippen LogP contribution in [0.2, 0.25) is 5.02 Å². The van der Waals surface area contributed by atoms with Gasteiger partial charge in [-0.15, -0.1) is 0 Å². The second kappa shape index (κ2) is 8.86. The van der Waals surface area contributed by atoms with Crippen LogP contribution in [0.25, 0.3) is 11.1 Å². The van der Waals surface area contributed by atoms with Crippen LogP contribution in [0.15, 0.2) is 54.6 Å². The third-order valence-electron chi connectivity index (χ3n) is 5.15. The second-order valence-corrected chi connectivity index (χ2v) is 7.58. The van der Waals surface area contributed by atoms with Crippen molar-refractivity contribution in [1.82, 2.24) is 4.98 Å². The first-order valence-corrected chi connectivity index (χ1v) is 10.1. The molecule has 0 saturated carbocycles. The van der Waals surface area contributed by atoms with Gasteiger partial charge in [0.2, 0.25) is 0 Å². The number of pyridine rings is 1. The van der Waals surface area contributed by atoms with E-state index in [9.17, 15) is 18.7 Å². The summed E-state index contributed by atoms with van der Waals surface area (Å²) in [5.74, 6) is -1.76. The van der Waals surface area contributed by atoms with Gasteiger partial charge in [-0.25, -0.2) is 13.8 Å². The molecule has 1 heterocycles. The van der Waals surface area contributed by atoms with E-state index in [0.717, 1.165) is 17.6 Å². The van der Waals surface area contributed by atoms with Crippen molar-refractivity contribution >= 4 is 28.7 Å². The van der Waals surface area contributed by atoms with E-state index in [4.69, 9.17) is 16.3 Å². The summed E-state index contributed by atoms with van der Waals surface area (Å²) in [4.78, 5) is 15.4. The molecule has 0 aliphatic heterocycles. The lowest BCUT2D eigenvalue weighted by atomic mass is 9.98. The Bertz CT molecular complexity index is 1190. The predicted molar refractivity (Wildman–Crippen MR) is 111 cm³/mol. The molecule has 4 nitrogen and oxygen atoms in total. The largest absolute Gasteiger partial charge is 0.543 e. The Morgan fingerprint density at radius 3 is 2.55 bits per heavy atom. The van der Waals surface area contributed by atoms with Gasteiger partial charge in [0.15, 0.2) is 0 Å². The van der Waals surface area contributed by atoms with Gasteiger partial charge in [-0.1, -0.05) is 23.7 Å². The molecule has 0 radical (unpaired) electrons. The fraction of sp³-hybridized carbons (Fsp3) is 0.167. The maximum absolute atomic E-state index is 14.1. The molecule has 31 heavy (non-hydrogen) atoms. The van der Waals surface area contributed by atoms with E-state index in [1.165, 1.54) is 42.5 Å². The second-order valence-electron chi connectivity index (χ2n) is 7.17.